The molecule has 1 saturated heterocycles. The number of sulfonamides is 1. The normalized spacial score (nSPS) is 15.7. The summed E-state index contributed by atoms with van der Waals surface area (Å²) >= 11 is 0. The van der Waals surface area contributed by atoms with Crippen LogP contribution in [0.15, 0.2) is 53.4 Å². The number of rotatable bonds is 10. The van der Waals surface area contributed by atoms with Crippen molar-refractivity contribution < 1.29 is 22.7 Å². The molecule has 1 amide bonds. The molecule has 2 aromatic carbocycles. The Morgan fingerprint density at radius 3 is 2.50 bits per heavy atom. The maximum Gasteiger partial charge on any atom is 0.243 e. The minimum Gasteiger partial charge on any atom is -0.496 e. The van der Waals surface area contributed by atoms with E-state index in [9.17, 15) is 13.2 Å². The number of amides is 1. The van der Waals surface area contributed by atoms with Gasteiger partial charge in [0, 0.05) is 19.5 Å². The molecule has 1 atom stereocenters. The Morgan fingerprint density at radius 2 is 1.81 bits per heavy atom. The van der Waals surface area contributed by atoms with E-state index in [1.807, 2.05) is 37.3 Å². The molecular formula is C24H32N2O5S. The number of methoxy groups -OCH3 is 1. The third-order valence-electron chi connectivity index (χ3n) is 5.48. The predicted molar refractivity (Wildman–Crippen MR) is 123 cm³/mol. The summed E-state index contributed by atoms with van der Waals surface area (Å²) in [5, 5.41) is 2.92. The average molecular weight is 461 g/mol. The highest BCUT2D eigenvalue weighted by Crippen LogP contribution is 2.27. The van der Waals surface area contributed by atoms with E-state index in [0.717, 1.165) is 25.0 Å². The number of hydrogen-bond donors (Lipinski definition) is 1. The minimum absolute atomic E-state index is 0.125. The van der Waals surface area contributed by atoms with Crippen LogP contribution in [0.1, 0.15) is 38.2 Å². The largest absolute Gasteiger partial charge is 0.496 e. The van der Waals surface area contributed by atoms with E-state index in [1.54, 1.807) is 29.6 Å². The minimum atomic E-state index is -3.54. The van der Waals surface area contributed by atoms with Gasteiger partial charge in [-0.05, 0) is 62.1 Å². The summed E-state index contributed by atoms with van der Waals surface area (Å²) in [5.74, 6) is 1.21. The fraction of sp³-hybridized carbons (Fsp3) is 0.458. The molecule has 8 heteroatoms. The van der Waals surface area contributed by atoms with Gasteiger partial charge in [0.2, 0.25) is 15.9 Å². The van der Waals surface area contributed by atoms with Gasteiger partial charge < -0.3 is 14.8 Å². The Morgan fingerprint density at radius 1 is 1.09 bits per heavy atom. The zero-order chi connectivity index (χ0) is 23.0. The second kappa shape index (κ2) is 11.3. The van der Waals surface area contributed by atoms with Crippen LogP contribution in [0.3, 0.4) is 0 Å². The Kier molecular flexibility index (Phi) is 8.53. The summed E-state index contributed by atoms with van der Waals surface area (Å²) < 4.78 is 38.6. The van der Waals surface area contributed by atoms with E-state index < -0.39 is 10.0 Å². The van der Waals surface area contributed by atoms with Crippen molar-refractivity contribution in [1.82, 2.24) is 9.62 Å². The molecule has 0 aromatic heterocycles. The van der Waals surface area contributed by atoms with Gasteiger partial charge in [0.25, 0.3) is 0 Å². The fourth-order valence-electron chi connectivity index (χ4n) is 3.74. The van der Waals surface area contributed by atoms with E-state index in [1.165, 1.54) is 0 Å². The molecule has 3 rings (SSSR count). The smallest absolute Gasteiger partial charge is 0.243 e. The number of para-hydroxylation sites is 1. The van der Waals surface area contributed by atoms with Gasteiger partial charge in [0.15, 0.2) is 0 Å². The molecule has 1 heterocycles. The molecule has 0 aliphatic carbocycles. The predicted octanol–water partition coefficient (Wildman–Crippen LogP) is 3.39. The highest BCUT2D eigenvalue weighted by Gasteiger charge is 2.26. The third kappa shape index (κ3) is 6.46. The molecule has 0 bridgehead atoms. The van der Waals surface area contributed by atoms with Gasteiger partial charge in [-0.3, -0.25) is 4.79 Å². The highest BCUT2D eigenvalue weighted by atomic mass is 32.2. The maximum atomic E-state index is 13.0. The van der Waals surface area contributed by atoms with Crippen LogP contribution in [0.25, 0.3) is 0 Å². The van der Waals surface area contributed by atoms with Crippen molar-refractivity contribution in [2.75, 3.05) is 26.8 Å². The number of carbonyl (C=O) groups is 1. The quantitative estimate of drug-likeness (QED) is 0.588. The number of nitrogens with zero attached hydrogens (tertiary/aromatic N) is 1. The molecule has 1 aliphatic rings. The monoisotopic (exact) mass is 460 g/mol. The first-order valence-electron chi connectivity index (χ1n) is 11.0. The number of nitrogens with one attached hydrogen (secondary N) is 1. The van der Waals surface area contributed by atoms with Crippen LogP contribution in [-0.2, 0) is 21.2 Å². The third-order valence-corrected chi connectivity index (χ3v) is 7.37. The molecular weight excluding hydrogens is 428 g/mol. The number of ether oxygens (including phenoxy) is 2. The lowest BCUT2D eigenvalue weighted by atomic mass is 10.1. The fourth-order valence-corrected chi connectivity index (χ4v) is 5.31. The van der Waals surface area contributed by atoms with Crippen molar-refractivity contribution >= 4 is 15.9 Å². The number of piperidine rings is 1. The topological polar surface area (TPSA) is 84.9 Å². The number of aryl methyl sites for hydroxylation is 1. The van der Waals surface area contributed by atoms with Crippen molar-refractivity contribution in [1.29, 1.82) is 0 Å². The summed E-state index contributed by atoms with van der Waals surface area (Å²) in [6.45, 7) is 3.35. The Hall–Kier alpha value is -2.58. The van der Waals surface area contributed by atoms with Gasteiger partial charge in [-0.25, -0.2) is 8.42 Å². The molecule has 1 unspecified atom stereocenters. The van der Waals surface area contributed by atoms with Crippen LogP contribution in [0.2, 0.25) is 0 Å². The first-order chi connectivity index (χ1) is 15.4. The zero-order valence-corrected chi connectivity index (χ0v) is 19.6. The summed E-state index contributed by atoms with van der Waals surface area (Å²) in [5.41, 5.74) is 0.703. The van der Waals surface area contributed by atoms with Crippen molar-refractivity contribution in [2.24, 2.45) is 0 Å². The number of carbonyl (C=O) groups excluding carboxylic acids is 1. The van der Waals surface area contributed by atoms with Crippen LogP contribution in [0.5, 0.6) is 11.5 Å². The average Bonchev–Trinajstić information content (AvgIpc) is 2.82. The summed E-state index contributed by atoms with van der Waals surface area (Å²) in [4.78, 5) is 12.7. The summed E-state index contributed by atoms with van der Waals surface area (Å²) in [7, 11) is -2.00. The van der Waals surface area contributed by atoms with Crippen LogP contribution < -0.4 is 14.8 Å². The Balaban J connectivity index is 1.58. The van der Waals surface area contributed by atoms with Crippen LogP contribution in [-0.4, -0.2) is 51.5 Å². The summed E-state index contributed by atoms with van der Waals surface area (Å²) in [6.07, 6.45) is 3.43. The first-order valence-corrected chi connectivity index (χ1v) is 12.5. The molecule has 7 nitrogen and oxygen atoms in total. The Bertz CT molecular complexity index is 989. The molecule has 1 N–H and O–H groups in total. The SMILES string of the molecule is COc1ccc(S(=O)(=O)N2CCCCC2)cc1CCC(=O)NC(C)COc1ccccc1. The second-order valence-electron chi connectivity index (χ2n) is 8.03. The number of benzene rings is 2. The second-order valence-corrected chi connectivity index (χ2v) is 9.97. The molecule has 1 fully saturated rings. The van der Waals surface area contributed by atoms with Gasteiger partial charge in [-0.1, -0.05) is 24.6 Å². The van der Waals surface area contributed by atoms with Gasteiger partial charge in [0.1, 0.15) is 18.1 Å². The lowest BCUT2D eigenvalue weighted by Crippen LogP contribution is -2.37. The van der Waals surface area contributed by atoms with Crippen molar-refractivity contribution in [3.05, 3.63) is 54.1 Å². The van der Waals surface area contributed by atoms with Crippen molar-refractivity contribution in [2.45, 2.75) is 50.0 Å². The highest BCUT2D eigenvalue weighted by molar-refractivity contribution is 7.89. The zero-order valence-electron chi connectivity index (χ0n) is 18.7. The van der Waals surface area contributed by atoms with Gasteiger partial charge in [-0.15, -0.1) is 0 Å². The van der Waals surface area contributed by atoms with Gasteiger partial charge in [0.05, 0.1) is 18.0 Å². The molecule has 0 saturated carbocycles. The lowest BCUT2D eigenvalue weighted by Gasteiger charge is -2.26. The molecule has 174 valence electrons. The van der Waals surface area contributed by atoms with E-state index in [4.69, 9.17) is 9.47 Å². The lowest BCUT2D eigenvalue weighted by molar-refractivity contribution is -0.121. The van der Waals surface area contributed by atoms with E-state index in [2.05, 4.69) is 5.32 Å². The van der Waals surface area contributed by atoms with E-state index in [0.29, 0.717) is 37.4 Å². The molecule has 0 radical (unpaired) electrons. The molecule has 1 aliphatic heterocycles. The van der Waals surface area contributed by atoms with Crippen molar-refractivity contribution in [3.63, 3.8) is 0 Å². The molecule has 32 heavy (non-hydrogen) atoms. The van der Waals surface area contributed by atoms with E-state index in [-0.39, 0.29) is 23.3 Å². The van der Waals surface area contributed by atoms with Crippen molar-refractivity contribution in [3.8, 4) is 11.5 Å². The standard InChI is InChI=1S/C24H32N2O5S/c1-19(18-31-21-9-5-3-6-10-21)25-24(27)14-11-20-17-22(12-13-23(20)30-2)32(28,29)26-15-7-4-8-16-26/h3,5-6,9-10,12-13,17,19H,4,7-8,11,14-16,18H2,1-2H3,(H,25,27). The number of hydrogen-bond acceptors (Lipinski definition) is 5. The van der Waals surface area contributed by atoms with E-state index >= 15 is 0 Å². The van der Waals surface area contributed by atoms with Gasteiger partial charge >= 0.3 is 0 Å². The molecule has 0 spiro atoms. The van der Waals surface area contributed by atoms with Crippen LogP contribution in [0.4, 0.5) is 0 Å². The Labute approximate surface area is 190 Å². The van der Waals surface area contributed by atoms with Crippen LogP contribution in [0, 0.1) is 0 Å². The maximum absolute atomic E-state index is 13.0. The van der Waals surface area contributed by atoms with Crippen LogP contribution >= 0.6 is 0 Å². The van der Waals surface area contributed by atoms with Gasteiger partial charge in [-0.2, -0.15) is 4.31 Å². The first kappa shape index (κ1) is 24.1. The summed E-state index contributed by atoms with van der Waals surface area (Å²) in [6, 6.07) is 14.2. The molecule has 2 aromatic rings.